The number of carbonyl (C=O) groups is 1. The maximum Gasteiger partial charge on any atom is 0.156 e. The Morgan fingerprint density at radius 1 is 1.43 bits per heavy atom. The van der Waals surface area contributed by atoms with Gasteiger partial charge in [-0.1, -0.05) is 19.9 Å². The van der Waals surface area contributed by atoms with Crippen LogP contribution in [0.25, 0.3) is 0 Å². The predicted octanol–water partition coefficient (Wildman–Crippen LogP) is 3.01. The SMILES string of the molecule is CCOC(C)OC(C)C=CC1(O)C(C)=CC(=O)CC1(C)C. The second-order valence-corrected chi connectivity index (χ2v) is 6.34. The van der Waals surface area contributed by atoms with Gasteiger partial charge in [-0.2, -0.15) is 0 Å². The van der Waals surface area contributed by atoms with E-state index >= 15 is 0 Å². The normalized spacial score (nSPS) is 28.5. The predicted molar refractivity (Wildman–Crippen MR) is 82.9 cm³/mol. The average molecular weight is 296 g/mol. The summed E-state index contributed by atoms with van der Waals surface area (Å²) < 4.78 is 11.0. The molecule has 4 heteroatoms. The van der Waals surface area contributed by atoms with Crippen molar-refractivity contribution in [2.75, 3.05) is 6.61 Å². The molecule has 120 valence electrons. The zero-order valence-electron chi connectivity index (χ0n) is 14.0. The van der Waals surface area contributed by atoms with Gasteiger partial charge in [0.15, 0.2) is 12.1 Å². The van der Waals surface area contributed by atoms with Gasteiger partial charge in [0, 0.05) is 18.4 Å². The van der Waals surface area contributed by atoms with Crippen molar-refractivity contribution in [3.63, 3.8) is 0 Å². The molecular formula is C17H28O4. The van der Waals surface area contributed by atoms with Crippen molar-refractivity contribution < 1.29 is 19.4 Å². The summed E-state index contributed by atoms with van der Waals surface area (Å²) in [6, 6.07) is 0. The molecular weight excluding hydrogens is 268 g/mol. The maximum atomic E-state index is 11.7. The number of aliphatic hydroxyl groups is 1. The Kier molecular flexibility index (Phi) is 5.91. The van der Waals surface area contributed by atoms with Crippen LogP contribution < -0.4 is 0 Å². The van der Waals surface area contributed by atoms with Crippen LogP contribution in [-0.2, 0) is 14.3 Å². The third-order valence-electron chi connectivity index (χ3n) is 4.04. The first-order valence-corrected chi connectivity index (χ1v) is 7.53. The van der Waals surface area contributed by atoms with E-state index in [9.17, 15) is 9.90 Å². The maximum absolute atomic E-state index is 11.7. The first-order chi connectivity index (χ1) is 9.62. The van der Waals surface area contributed by atoms with Crippen molar-refractivity contribution >= 4 is 5.78 Å². The van der Waals surface area contributed by atoms with E-state index in [1.165, 1.54) is 6.08 Å². The number of rotatable bonds is 6. The van der Waals surface area contributed by atoms with E-state index < -0.39 is 11.0 Å². The van der Waals surface area contributed by atoms with Gasteiger partial charge in [0.25, 0.3) is 0 Å². The molecule has 1 aliphatic carbocycles. The largest absolute Gasteiger partial charge is 0.381 e. The molecule has 0 amide bonds. The molecule has 0 fully saturated rings. The van der Waals surface area contributed by atoms with Crippen LogP contribution in [0.2, 0.25) is 0 Å². The third kappa shape index (κ3) is 4.25. The number of ether oxygens (including phenoxy) is 2. The number of hydrogen-bond donors (Lipinski definition) is 1. The molecule has 0 saturated carbocycles. The Morgan fingerprint density at radius 2 is 2.05 bits per heavy atom. The van der Waals surface area contributed by atoms with Crippen molar-refractivity contribution in [2.24, 2.45) is 5.41 Å². The first kappa shape index (κ1) is 18.1. The summed E-state index contributed by atoms with van der Waals surface area (Å²) in [6.45, 7) is 11.8. The van der Waals surface area contributed by atoms with Gasteiger partial charge in [-0.3, -0.25) is 4.79 Å². The molecule has 0 saturated heterocycles. The van der Waals surface area contributed by atoms with Crippen molar-refractivity contribution in [3.05, 3.63) is 23.8 Å². The molecule has 0 spiro atoms. The highest BCUT2D eigenvalue weighted by molar-refractivity contribution is 5.92. The van der Waals surface area contributed by atoms with Crippen molar-refractivity contribution in [2.45, 2.75) is 66.0 Å². The Labute approximate surface area is 127 Å². The highest BCUT2D eigenvalue weighted by Gasteiger charge is 2.46. The Morgan fingerprint density at radius 3 is 2.57 bits per heavy atom. The zero-order valence-corrected chi connectivity index (χ0v) is 14.0. The molecule has 0 aromatic rings. The summed E-state index contributed by atoms with van der Waals surface area (Å²) in [5, 5.41) is 11.0. The molecule has 0 bridgehead atoms. The van der Waals surface area contributed by atoms with Crippen molar-refractivity contribution in [1.82, 2.24) is 0 Å². The molecule has 3 atom stereocenters. The Bertz CT molecular complexity index is 436. The molecule has 0 radical (unpaired) electrons. The Balaban J connectivity index is 2.85. The first-order valence-electron chi connectivity index (χ1n) is 7.53. The monoisotopic (exact) mass is 296 g/mol. The molecule has 0 aliphatic heterocycles. The third-order valence-corrected chi connectivity index (χ3v) is 4.04. The molecule has 0 aromatic carbocycles. The van der Waals surface area contributed by atoms with E-state index in [2.05, 4.69) is 0 Å². The highest BCUT2D eigenvalue weighted by atomic mass is 16.7. The lowest BCUT2D eigenvalue weighted by molar-refractivity contribution is -0.142. The number of hydrogen-bond acceptors (Lipinski definition) is 4. The fraction of sp³-hybridized carbons (Fsp3) is 0.706. The minimum atomic E-state index is -1.13. The standard InChI is InChI=1S/C17H28O4/c1-7-20-14(4)21-13(3)8-9-17(19)12(2)10-15(18)11-16(17,5)6/h8-10,13-14,19H,7,11H2,1-6H3. The molecule has 21 heavy (non-hydrogen) atoms. The molecule has 3 unspecified atom stereocenters. The van der Waals surface area contributed by atoms with Crippen molar-refractivity contribution in [1.29, 1.82) is 0 Å². The van der Waals surface area contributed by atoms with E-state index in [1.807, 2.05) is 40.7 Å². The average Bonchev–Trinajstić information content (AvgIpc) is 2.33. The van der Waals surface area contributed by atoms with Gasteiger partial charge >= 0.3 is 0 Å². The van der Waals surface area contributed by atoms with Gasteiger partial charge in [-0.25, -0.2) is 0 Å². The second kappa shape index (κ2) is 6.86. The fourth-order valence-electron chi connectivity index (χ4n) is 2.76. The van der Waals surface area contributed by atoms with Crippen LogP contribution in [0, 0.1) is 5.41 Å². The molecule has 4 nitrogen and oxygen atoms in total. The summed E-state index contributed by atoms with van der Waals surface area (Å²) >= 11 is 0. The van der Waals surface area contributed by atoms with E-state index in [0.717, 1.165) is 0 Å². The van der Waals surface area contributed by atoms with Gasteiger partial charge in [-0.15, -0.1) is 0 Å². The van der Waals surface area contributed by atoms with Gasteiger partial charge in [-0.05, 0) is 45.4 Å². The van der Waals surface area contributed by atoms with E-state index in [0.29, 0.717) is 18.6 Å². The lowest BCUT2D eigenvalue weighted by atomic mass is 9.64. The van der Waals surface area contributed by atoms with E-state index in [4.69, 9.17) is 9.47 Å². The fourth-order valence-corrected chi connectivity index (χ4v) is 2.76. The summed E-state index contributed by atoms with van der Waals surface area (Å²) in [4.78, 5) is 11.7. The molecule has 1 rings (SSSR count). The van der Waals surface area contributed by atoms with E-state index in [1.54, 1.807) is 13.0 Å². The smallest absolute Gasteiger partial charge is 0.156 e. The topological polar surface area (TPSA) is 55.8 Å². The number of ketones is 1. The van der Waals surface area contributed by atoms with Crippen LogP contribution in [0.4, 0.5) is 0 Å². The summed E-state index contributed by atoms with van der Waals surface area (Å²) in [5.74, 6) is 0.0600. The second-order valence-electron chi connectivity index (χ2n) is 6.34. The summed E-state index contributed by atoms with van der Waals surface area (Å²) in [6.07, 6.45) is 4.96. The lowest BCUT2D eigenvalue weighted by Crippen LogP contribution is -2.48. The quantitative estimate of drug-likeness (QED) is 0.604. The minimum Gasteiger partial charge on any atom is -0.381 e. The zero-order chi connectivity index (χ0) is 16.3. The van der Waals surface area contributed by atoms with E-state index in [-0.39, 0.29) is 18.2 Å². The highest BCUT2D eigenvalue weighted by Crippen LogP contribution is 2.44. The van der Waals surface area contributed by atoms with Crippen LogP contribution in [0.1, 0.15) is 48.0 Å². The summed E-state index contributed by atoms with van der Waals surface area (Å²) in [7, 11) is 0. The van der Waals surface area contributed by atoms with Gasteiger partial charge in [0.05, 0.1) is 6.10 Å². The van der Waals surface area contributed by atoms with Crippen molar-refractivity contribution in [3.8, 4) is 0 Å². The number of allylic oxidation sites excluding steroid dienone is 1. The Hall–Kier alpha value is -0.970. The molecule has 1 N–H and O–H groups in total. The van der Waals surface area contributed by atoms with Gasteiger partial charge in [0.2, 0.25) is 0 Å². The molecule has 0 aromatic heterocycles. The van der Waals surface area contributed by atoms with Crippen LogP contribution in [0.5, 0.6) is 0 Å². The van der Waals surface area contributed by atoms with Crippen LogP contribution in [0.3, 0.4) is 0 Å². The van der Waals surface area contributed by atoms with Gasteiger partial charge < -0.3 is 14.6 Å². The van der Waals surface area contributed by atoms with Crippen LogP contribution in [0.15, 0.2) is 23.8 Å². The van der Waals surface area contributed by atoms with Crippen LogP contribution in [-0.4, -0.2) is 35.5 Å². The van der Waals surface area contributed by atoms with Crippen LogP contribution >= 0.6 is 0 Å². The summed E-state index contributed by atoms with van der Waals surface area (Å²) in [5.41, 5.74) is -0.997. The van der Waals surface area contributed by atoms with Gasteiger partial charge in [0.1, 0.15) is 5.60 Å². The molecule has 0 heterocycles. The number of carbonyl (C=O) groups excluding carboxylic acids is 1. The minimum absolute atomic E-state index is 0.0600. The lowest BCUT2D eigenvalue weighted by Gasteiger charge is -2.44. The molecule has 1 aliphatic rings.